The SMILES string of the molecule is Nc1c2c(nc3c(-c4ccccc4)cccc13)CCCC2. The third-order valence-electron chi connectivity index (χ3n) is 4.42. The number of nitrogens with two attached hydrogens (primary N) is 1. The summed E-state index contributed by atoms with van der Waals surface area (Å²) < 4.78 is 0. The summed E-state index contributed by atoms with van der Waals surface area (Å²) in [7, 11) is 0. The number of hydrogen-bond acceptors (Lipinski definition) is 2. The maximum Gasteiger partial charge on any atom is 0.0804 e. The molecule has 4 rings (SSSR count). The lowest BCUT2D eigenvalue weighted by atomic mass is 9.91. The van der Waals surface area contributed by atoms with Crippen molar-refractivity contribution in [3.63, 3.8) is 0 Å². The number of benzene rings is 2. The molecule has 1 aliphatic carbocycles. The predicted octanol–water partition coefficient (Wildman–Crippen LogP) is 4.36. The fourth-order valence-electron chi connectivity index (χ4n) is 3.33. The van der Waals surface area contributed by atoms with Crippen molar-refractivity contribution >= 4 is 16.6 Å². The molecule has 0 radical (unpaired) electrons. The number of rotatable bonds is 1. The van der Waals surface area contributed by atoms with Crippen LogP contribution >= 0.6 is 0 Å². The van der Waals surface area contributed by atoms with Crippen molar-refractivity contribution in [1.82, 2.24) is 4.98 Å². The van der Waals surface area contributed by atoms with Gasteiger partial charge in [0.2, 0.25) is 0 Å². The van der Waals surface area contributed by atoms with Gasteiger partial charge in [-0.15, -0.1) is 0 Å². The number of hydrogen-bond donors (Lipinski definition) is 1. The molecule has 2 N–H and O–H groups in total. The van der Waals surface area contributed by atoms with Crippen LogP contribution in [-0.4, -0.2) is 4.98 Å². The van der Waals surface area contributed by atoms with Gasteiger partial charge in [-0.3, -0.25) is 4.98 Å². The van der Waals surface area contributed by atoms with E-state index in [1.165, 1.54) is 35.2 Å². The van der Waals surface area contributed by atoms with Crippen LogP contribution in [0.5, 0.6) is 0 Å². The lowest BCUT2D eigenvalue weighted by Crippen LogP contribution is -2.09. The zero-order chi connectivity index (χ0) is 14.2. The zero-order valence-corrected chi connectivity index (χ0v) is 12.0. The van der Waals surface area contributed by atoms with E-state index in [1.54, 1.807) is 0 Å². The van der Waals surface area contributed by atoms with Gasteiger partial charge in [0, 0.05) is 22.3 Å². The van der Waals surface area contributed by atoms with Gasteiger partial charge in [-0.25, -0.2) is 0 Å². The summed E-state index contributed by atoms with van der Waals surface area (Å²) in [5, 5.41) is 1.09. The first-order valence-corrected chi connectivity index (χ1v) is 7.60. The van der Waals surface area contributed by atoms with Gasteiger partial charge in [-0.1, -0.05) is 48.5 Å². The highest BCUT2D eigenvalue weighted by molar-refractivity contribution is 6.01. The van der Waals surface area contributed by atoms with Crippen molar-refractivity contribution < 1.29 is 0 Å². The molecule has 0 fully saturated rings. The molecule has 2 heteroatoms. The fraction of sp³-hybridized carbons (Fsp3) is 0.211. The lowest BCUT2D eigenvalue weighted by Gasteiger charge is -2.19. The Kier molecular flexibility index (Phi) is 2.88. The first-order chi connectivity index (χ1) is 10.3. The molecule has 0 unspecified atom stereocenters. The second kappa shape index (κ2) is 4.88. The van der Waals surface area contributed by atoms with Gasteiger partial charge in [0.15, 0.2) is 0 Å². The zero-order valence-electron chi connectivity index (χ0n) is 12.0. The largest absolute Gasteiger partial charge is 0.398 e. The normalized spacial score (nSPS) is 14.1. The highest BCUT2D eigenvalue weighted by Gasteiger charge is 2.17. The van der Waals surface area contributed by atoms with Gasteiger partial charge in [0.05, 0.1) is 5.52 Å². The Morgan fingerprint density at radius 3 is 2.52 bits per heavy atom. The summed E-state index contributed by atoms with van der Waals surface area (Å²) in [6, 6.07) is 16.7. The number of anilines is 1. The van der Waals surface area contributed by atoms with Crippen molar-refractivity contribution in [3.8, 4) is 11.1 Å². The molecule has 3 aromatic rings. The van der Waals surface area contributed by atoms with Crippen molar-refractivity contribution in [2.45, 2.75) is 25.7 Å². The number of nitrogen functional groups attached to an aromatic ring is 1. The van der Waals surface area contributed by atoms with Crippen LogP contribution in [0.2, 0.25) is 0 Å². The topological polar surface area (TPSA) is 38.9 Å². The Morgan fingerprint density at radius 2 is 1.67 bits per heavy atom. The average Bonchev–Trinajstić information content (AvgIpc) is 2.56. The molecule has 21 heavy (non-hydrogen) atoms. The lowest BCUT2D eigenvalue weighted by molar-refractivity contribution is 0.673. The van der Waals surface area contributed by atoms with Gasteiger partial charge in [0.1, 0.15) is 0 Å². The van der Waals surface area contributed by atoms with Crippen LogP contribution in [-0.2, 0) is 12.8 Å². The second-order valence-corrected chi connectivity index (χ2v) is 5.73. The average molecular weight is 274 g/mol. The Labute approximate surface area is 124 Å². The predicted molar refractivity (Wildman–Crippen MR) is 88.2 cm³/mol. The highest BCUT2D eigenvalue weighted by Crippen LogP contribution is 2.35. The summed E-state index contributed by atoms with van der Waals surface area (Å²) >= 11 is 0. The first kappa shape index (κ1) is 12.4. The van der Waals surface area contributed by atoms with Crippen LogP contribution in [0, 0.1) is 0 Å². The van der Waals surface area contributed by atoms with E-state index in [2.05, 4.69) is 42.5 Å². The van der Waals surface area contributed by atoms with Crippen molar-refractivity contribution in [1.29, 1.82) is 0 Å². The fourth-order valence-corrected chi connectivity index (χ4v) is 3.33. The molecular formula is C19H18N2. The molecule has 104 valence electrons. The molecule has 2 nitrogen and oxygen atoms in total. The van der Waals surface area contributed by atoms with Crippen LogP contribution in [0.25, 0.3) is 22.0 Å². The maximum atomic E-state index is 6.45. The molecule has 0 atom stereocenters. The van der Waals surface area contributed by atoms with Crippen LogP contribution in [0.3, 0.4) is 0 Å². The van der Waals surface area contributed by atoms with Crippen LogP contribution in [0.4, 0.5) is 5.69 Å². The quantitative estimate of drug-likeness (QED) is 0.716. The number of fused-ring (bicyclic) bond motifs is 2. The molecular weight excluding hydrogens is 256 g/mol. The van der Waals surface area contributed by atoms with Crippen molar-refractivity contribution in [2.24, 2.45) is 0 Å². The second-order valence-electron chi connectivity index (χ2n) is 5.73. The third kappa shape index (κ3) is 1.99. The van der Waals surface area contributed by atoms with E-state index in [1.807, 2.05) is 6.07 Å². The molecule has 0 saturated heterocycles. The summed E-state index contributed by atoms with van der Waals surface area (Å²) in [4.78, 5) is 4.97. The molecule has 1 aliphatic rings. The Hall–Kier alpha value is -2.35. The summed E-state index contributed by atoms with van der Waals surface area (Å²) in [5.41, 5.74) is 13.3. The summed E-state index contributed by atoms with van der Waals surface area (Å²) in [5.74, 6) is 0. The number of pyridine rings is 1. The summed E-state index contributed by atoms with van der Waals surface area (Å²) in [6.07, 6.45) is 4.57. The Balaban J connectivity index is 2.04. The van der Waals surface area contributed by atoms with Gasteiger partial charge < -0.3 is 5.73 Å². The minimum absolute atomic E-state index is 0.937. The van der Waals surface area contributed by atoms with E-state index in [0.717, 1.165) is 29.4 Å². The van der Waals surface area contributed by atoms with E-state index >= 15 is 0 Å². The van der Waals surface area contributed by atoms with Crippen molar-refractivity contribution in [2.75, 3.05) is 5.73 Å². The molecule has 0 amide bonds. The number of nitrogens with zero attached hydrogens (tertiary/aromatic N) is 1. The van der Waals surface area contributed by atoms with Crippen molar-refractivity contribution in [3.05, 3.63) is 59.8 Å². The van der Waals surface area contributed by atoms with E-state index in [9.17, 15) is 0 Å². The highest BCUT2D eigenvalue weighted by atomic mass is 14.7. The van der Waals surface area contributed by atoms with Crippen LogP contribution in [0.15, 0.2) is 48.5 Å². The smallest absolute Gasteiger partial charge is 0.0804 e. The molecule has 2 aromatic carbocycles. The van der Waals surface area contributed by atoms with E-state index in [0.29, 0.717) is 0 Å². The number of aromatic nitrogens is 1. The third-order valence-corrected chi connectivity index (χ3v) is 4.42. The molecule has 0 aliphatic heterocycles. The van der Waals surface area contributed by atoms with Crippen LogP contribution < -0.4 is 5.73 Å². The van der Waals surface area contributed by atoms with Gasteiger partial charge >= 0.3 is 0 Å². The summed E-state index contributed by atoms with van der Waals surface area (Å²) in [6.45, 7) is 0. The molecule has 0 bridgehead atoms. The minimum Gasteiger partial charge on any atom is -0.398 e. The molecule has 1 heterocycles. The monoisotopic (exact) mass is 274 g/mol. The van der Waals surface area contributed by atoms with E-state index in [-0.39, 0.29) is 0 Å². The first-order valence-electron chi connectivity index (χ1n) is 7.60. The van der Waals surface area contributed by atoms with E-state index in [4.69, 9.17) is 10.7 Å². The Bertz CT molecular complexity index is 807. The molecule has 0 saturated carbocycles. The molecule has 0 spiro atoms. The van der Waals surface area contributed by atoms with Crippen LogP contribution in [0.1, 0.15) is 24.1 Å². The maximum absolute atomic E-state index is 6.45. The number of para-hydroxylation sites is 1. The van der Waals surface area contributed by atoms with Gasteiger partial charge in [0.25, 0.3) is 0 Å². The van der Waals surface area contributed by atoms with E-state index < -0.39 is 0 Å². The van der Waals surface area contributed by atoms with Gasteiger partial charge in [-0.2, -0.15) is 0 Å². The minimum atomic E-state index is 0.937. The molecule has 1 aromatic heterocycles. The van der Waals surface area contributed by atoms with Gasteiger partial charge in [-0.05, 0) is 36.8 Å². The standard InChI is InChI=1S/C19H18N2/c20-18-15-9-4-5-12-17(15)21-19-14(10-6-11-16(18)19)13-7-2-1-3-8-13/h1-3,6-8,10-11H,4-5,9,12H2,(H2,20,21). The Morgan fingerprint density at radius 1 is 0.857 bits per heavy atom. The number of aryl methyl sites for hydroxylation is 1.